The van der Waals surface area contributed by atoms with Gasteiger partial charge in [0.15, 0.2) is 11.5 Å². The number of ether oxygens (including phenoxy) is 2. The van der Waals surface area contributed by atoms with Crippen LogP contribution in [0.1, 0.15) is 56.2 Å². The van der Waals surface area contributed by atoms with Crippen molar-refractivity contribution in [3.63, 3.8) is 0 Å². The minimum absolute atomic E-state index is 0.359. The summed E-state index contributed by atoms with van der Waals surface area (Å²) in [5, 5.41) is 0. The summed E-state index contributed by atoms with van der Waals surface area (Å²) in [6, 6.07) is 2.24. The highest BCUT2D eigenvalue weighted by atomic mass is 16.7. The zero-order chi connectivity index (χ0) is 11.9. The Labute approximate surface area is 97.6 Å². The van der Waals surface area contributed by atoms with Crippen LogP contribution in [0, 0.1) is 6.92 Å². The number of hydrogen-bond acceptors (Lipinski definition) is 2. The Morgan fingerprint density at radius 3 is 2.19 bits per heavy atom. The van der Waals surface area contributed by atoms with E-state index in [2.05, 4.69) is 40.7 Å². The van der Waals surface area contributed by atoms with Gasteiger partial charge in [-0.1, -0.05) is 33.8 Å². The Balaban J connectivity index is 2.67. The largest absolute Gasteiger partial charge is 0.453 e. The second kappa shape index (κ2) is 4.00. The molecular formula is C14H20O2. The normalized spacial score (nSPS) is 13.9. The van der Waals surface area contributed by atoms with E-state index in [9.17, 15) is 0 Å². The lowest BCUT2D eigenvalue weighted by atomic mass is 9.88. The molecule has 1 aliphatic rings. The van der Waals surface area contributed by atoms with Crippen LogP contribution in [-0.4, -0.2) is 6.79 Å². The van der Waals surface area contributed by atoms with Gasteiger partial charge in [0.1, 0.15) is 0 Å². The highest BCUT2D eigenvalue weighted by Gasteiger charge is 2.25. The van der Waals surface area contributed by atoms with E-state index in [-0.39, 0.29) is 0 Å². The molecule has 1 heterocycles. The molecule has 1 aromatic carbocycles. The standard InChI is InChI=1S/C14H20O2/c1-8(2)11-6-10(5)13-14(16-7-15-13)12(11)9(3)4/h6,8-9H,7H2,1-5H3. The van der Waals surface area contributed by atoms with E-state index in [1.54, 1.807) is 0 Å². The van der Waals surface area contributed by atoms with Crippen molar-refractivity contribution < 1.29 is 9.47 Å². The number of benzene rings is 1. The molecule has 0 aliphatic carbocycles. The predicted octanol–water partition coefficient (Wildman–Crippen LogP) is 3.97. The van der Waals surface area contributed by atoms with Crippen LogP contribution in [0.25, 0.3) is 0 Å². The summed E-state index contributed by atoms with van der Waals surface area (Å²) in [5.74, 6) is 2.89. The third kappa shape index (κ3) is 1.66. The van der Waals surface area contributed by atoms with Crippen molar-refractivity contribution in [2.75, 3.05) is 6.79 Å². The number of aryl methyl sites for hydroxylation is 1. The van der Waals surface area contributed by atoms with Crippen molar-refractivity contribution in [1.82, 2.24) is 0 Å². The third-order valence-electron chi connectivity index (χ3n) is 3.10. The van der Waals surface area contributed by atoms with E-state index in [1.165, 1.54) is 16.7 Å². The van der Waals surface area contributed by atoms with Crippen molar-refractivity contribution in [2.24, 2.45) is 0 Å². The Kier molecular flexibility index (Phi) is 2.83. The lowest BCUT2D eigenvalue weighted by Gasteiger charge is -2.19. The first-order valence-corrected chi connectivity index (χ1v) is 5.95. The van der Waals surface area contributed by atoms with Gasteiger partial charge in [-0.2, -0.15) is 0 Å². The molecule has 0 bridgehead atoms. The molecule has 2 heteroatoms. The fourth-order valence-corrected chi connectivity index (χ4v) is 2.35. The van der Waals surface area contributed by atoms with Gasteiger partial charge in [0, 0.05) is 5.56 Å². The van der Waals surface area contributed by atoms with Gasteiger partial charge >= 0.3 is 0 Å². The molecule has 0 spiro atoms. The fraction of sp³-hybridized carbons (Fsp3) is 0.571. The van der Waals surface area contributed by atoms with Crippen molar-refractivity contribution in [1.29, 1.82) is 0 Å². The third-order valence-corrected chi connectivity index (χ3v) is 3.10. The molecule has 0 N–H and O–H groups in total. The zero-order valence-corrected chi connectivity index (χ0v) is 10.8. The van der Waals surface area contributed by atoms with Crippen molar-refractivity contribution in [3.05, 3.63) is 22.8 Å². The molecule has 2 rings (SSSR count). The Morgan fingerprint density at radius 1 is 1.00 bits per heavy atom. The van der Waals surface area contributed by atoms with Crippen LogP contribution in [0.15, 0.2) is 6.07 Å². The SMILES string of the molecule is Cc1cc(C(C)C)c(C(C)C)c2c1OCO2. The van der Waals surface area contributed by atoms with Gasteiger partial charge in [0.2, 0.25) is 6.79 Å². The zero-order valence-electron chi connectivity index (χ0n) is 10.8. The van der Waals surface area contributed by atoms with Crippen molar-refractivity contribution >= 4 is 0 Å². The van der Waals surface area contributed by atoms with E-state index in [1.807, 2.05) is 0 Å². The minimum atomic E-state index is 0.359. The van der Waals surface area contributed by atoms with Crippen LogP contribution in [-0.2, 0) is 0 Å². The molecule has 0 radical (unpaired) electrons. The summed E-state index contributed by atoms with van der Waals surface area (Å²) >= 11 is 0. The van der Waals surface area contributed by atoms with Crippen molar-refractivity contribution in [3.8, 4) is 11.5 Å². The van der Waals surface area contributed by atoms with Gasteiger partial charge in [-0.25, -0.2) is 0 Å². The van der Waals surface area contributed by atoms with Crippen molar-refractivity contribution in [2.45, 2.75) is 46.5 Å². The molecule has 1 aliphatic heterocycles. The first-order chi connectivity index (χ1) is 7.52. The van der Waals surface area contributed by atoms with Crippen LogP contribution >= 0.6 is 0 Å². The lowest BCUT2D eigenvalue weighted by molar-refractivity contribution is 0.172. The van der Waals surface area contributed by atoms with Gasteiger partial charge in [-0.15, -0.1) is 0 Å². The van der Waals surface area contributed by atoms with E-state index in [0.717, 1.165) is 11.5 Å². The van der Waals surface area contributed by atoms with Gasteiger partial charge in [0.25, 0.3) is 0 Å². The highest BCUT2D eigenvalue weighted by Crippen LogP contribution is 2.45. The molecule has 2 nitrogen and oxygen atoms in total. The van der Waals surface area contributed by atoms with Crippen LogP contribution in [0.4, 0.5) is 0 Å². The second-order valence-electron chi connectivity index (χ2n) is 5.07. The summed E-state index contributed by atoms with van der Waals surface area (Å²) in [4.78, 5) is 0. The highest BCUT2D eigenvalue weighted by molar-refractivity contribution is 5.58. The summed E-state index contributed by atoms with van der Waals surface area (Å²) in [6.07, 6.45) is 0. The topological polar surface area (TPSA) is 18.5 Å². The van der Waals surface area contributed by atoms with E-state index in [0.29, 0.717) is 18.6 Å². The molecule has 0 atom stereocenters. The van der Waals surface area contributed by atoms with Crippen LogP contribution in [0.2, 0.25) is 0 Å². The molecule has 88 valence electrons. The molecule has 0 saturated heterocycles. The first kappa shape index (κ1) is 11.3. The summed E-state index contributed by atoms with van der Waals surface area (Å²) in [6.45, 7) is 11.3. The quantitative estimate of drug-likeness (QED) is 0.750. The van der Waals surface area contributed by atoms with E-state index < -0.39 is 0 Å². The summed E-state index contributed by atoms with van der Waals surface area (Å²) < 4.78 is 11.2. The number of hydrogen-bond donors (Lipinski definition) is 0. The first-order valence-electron chi connectivity index (χ1n) is 5.95. The van der Waals surface area contributed by atoms with Crippen LogP contribution in [0.5, 0.6) is 11.5 Å². The molecule has 0 aromatic heterocycles. The number of rotatable bonds is 2. The van der Waals surface area contributed by atoms with Gasteiger partial charge in [0.05, 0.1) is 0 Å². The van der Waals surface area contributed by atoms with Gasteiger partial charge in [-0.05, 0) is 29.9 Å². The second-order valence-corrected chi connectivity index (χ2v) is 5.07. The molecule has 1 aromatic rings. The van der Waals surface area contributed by atoms with Gasteiger partial charge in [-0.3, -0.25) is 0 Å². The molecular weight excluding hydrogens is 200 g/mol. The average Bonchev–Trinajstić information content (AvgIpc) is 2.65. The molecule has 16 heavy (non-hydrogen) atoms. The van der Waals surface area contributed by atoms with Crippen LogP contribution in [0.3, 0.4) is 0 Å². The molecule has 0 saturated carbocycles. The predicted molar refractivity (Wildman–Crippen MR) is 65.5 cm³/mol. The average molecular weight is 220 g/mol. The molecule has 0 unspecified atom stereocenters. The maximum atomic E-state index is 5.64. The maximum absolute atomic E-state index is 5.64. The van der Waals surface area contributed by atoms with E-state index >= 15 is 0 Å². The smallest absolute Gasteiger partial charge is 0.231 e. The van der Waals surface area contributed by atoms with Crippen LogP contribution < -0.4 is 9.47 Å². The number of fused-ring (bicyclic) bond motifs is 1. The maximum Gasteiger partial charge on any atom is 0.231 e. The lowest BCUT2D eigenvalue weighted by Crippen LogP contribution is -2.01. The Hall–Kier alpha value is -1.18. The monoisotopic (exact) mass is 220 g/mol. The van der Waals surface area contributed by atoms with E-state index in [4.69, 9.17) is 9.47 Å². The summed E-state index contributed by atoms with van der Waals surface area (Å²) in [7, 11) is 0. The van der Waals surface area contributed by atoms with Gasteiger partial charge < -0.3 is 9.47 Å². The molecule has 0 fully saturated rings. The minimum Gasteiger partial charge on any atom is -0.453 e. The summed E-state index contributed by atoms with van der Waals surface area (Å²) in [5.41, 5.74) is 3.88. The Morgan fingerprint density at radius 2 is 1.62 bits per heavy atom. The fourth-order valence-electron chi connectivity index (χ4n) is 2.35. The Bertz CT molecular complexity index is 406. The molecule has 0 amide bonds.